The van der Waals surface area contributed by atoms with Crippen LogP contribution in [0.3, 0.4) is 0 Å². The van der Waals surface area contributed by atoms with E-state index >= 15 is 0 Å². The number of nitrogens with zero attached hydrogens (tertiary/aromatic N) is 5. The molecule has 4 unspecified atom stereocenters. The van der Waals surface area contributed by atoms with Crippen LogP contribution in [0.1, 0.15) is 13.8 Å². The van der Waals surface area contributed by atoms with E-state index in [4.69, 9.17) is 0 Å². The molecule has 2 saturated heterocycles. The van der Waals surface area contributed by atoms with Crippen molar-refractivity contribution in [2.45, 2.75) is 36.2 Å². The molecule has 0 radical (unpaired) electrons. The van der Waals surface area contributed by atoms with Gasteiger partial charge in [0.25, 0.3) is 11.3 Å². The number of carboxylic acids is 1. The quantitative estimate of drug-likeness (QED) is 0.137. The number of carboxylic acid groups (broad SMARTS) is 1. The molecule has 188 valence electrons. The molecular formula is C18H19BrN6O7S3. The molecule has 3 aliphatic heterocycles. The Balaban J connectivity index is 1.66. The van der Waals surface area contributed by atoms with Crippen LogP contribution >= 0.6 is 52.3 Å². The van der Waals surface area contributed by atoms with Crippen LogP contribution < -0.4 is 15.2 Å². The molecule has 2 amide bonds. The van der Waals surface area contributed by atoms with Crippen molar-refractivity contribution in [3.05, 3.63) is 37.2 Å². The largest absolute Gasteiger partial charge is 0.481 e. The smallest absolute Gasteiger partial charge is 0.335 e. The minimum atomic E-state index is -1.44. The first-order valence-corrected chi connectivity index (χ1v) is 13.2. The van der Waals surface area contributed by atoms with Gasteiger partial charge < -0.3 is 10.0 Å². The van der Waals surface area contributed by atoms with E-state index in [1.807, 2.05) is 0 Å². The Bertz CT molecular complexity index is 1230. The summed E-state index contributed by atoms with van der Waals surface area (Å²) in [5.74, 6) is -2.16. The van der Waals surface area contributed by atoms with E-state index in [1.54, 1.807) is 12.5 Å². The SMILES string of the molecule is CC(=O)N(C1C(=O)N2CC(C(=O)O)(C(S)C3(C)N=CSN3)CS[C@H]12)n1cc(Br)c(=O)c([N+](=O)[O-])c1. The molecule has 0 aromatic carbocycles. The summed E-state index contributed by atoms with van der Waals surface area (Å²) in [6.07, 6.45) is 2.05. The first kappa shape index (κ1) is 26.0. The number of pyridine rings is 1. The lowest BCUT2D eigenvalue weighted by atomic mass is 9.78. The van der Waals surface area contributed by atoms with Crippen molar-refractivity contribution in [1.82, 2.24) is 14.3 Å². The van der Waals surface area contributed by atoms with E-state index in [0.29, 0.717) is 0 Å². The molecule has 0 aliphatic carbocycles. The number of nitro groups is 1. The fraction of sp³-hybridized carbons (Fsp3) is 0.500. The molecule has 2 N–H and O–H groups in total. The number of aliphatic carboxylic acids is 1. The Morgan fingerprint density at radius 3 is 2.69 bits per heavy atom. The number of halogens is 1. The van der Waals surface area contributed by atoms with Crippen LogP contribution in [0.2, 0.25) is 0 Å². The Labute approximate surface area is 220 Å². The van der Waals surface area contributed by atoms with Crippen molar-refractivity contribution >= 4 is 81.3 Å². The first-order chi connectivity index (χ1) is 16.3. The second-order valence-electron chi connectivity index (χ2n) is 8.40. The number of fused-ring (bicyclic) bond motifs is 1. The fourth-order valence-electron chi connectivity index (χ4n) is 4.32. The second kappa shape index (κ2) is 9.10. The number of aromatic nitrogens is 1. The summed E-state index contributed by atoms with van der Waals surface area (Å²) in [5, 5.41) is 21.1. The van der Waals surface area contributed by atoms with Crippen LogP contribution in [0.15, 0.2) is 26.7 Å². The summed E-state index contributed by atoms with van der Waals surface area (Å²) in [6.45, 7) is 2.76. The van der Waals surface area contributed by atoms with E-state index < -0.39 is 61.6 Å². The van der Waals surface area contributed by atoms with Crippen molar-refractivity contribution < 1.29 is 24.4 Å². The van der Waals surface area contributed by atoms with Gasteiger partial charge in [-0.25, -0.2) is 9.73 Å². The van der Waals surface area contributed by atoms with Gasteiger partial charge in [0.15, 0.2) is 6.04 Å². The van der Waals surface area contributed by atoms with Gasteiger partial charge >= 0.3 is 11.7 Å². The average molecular weight is 607 g/mol. The summed E-state index contributed by atoms with van der Waals surface area (Å²) < 4.78 is 3.94. The summed E-state index contributed by atoms with van der Waals surface area (Å²) >= 11 is 9.99. The number of rotatable bonds is 6. The molecule has 4 heterocycles. The van der Waals surface area contributed by atoms with E-state index in [0.717, 1.165) is 15.9 Å². The molecule has 35 heavy (non-hydrogen) atoms. The lowest BCUT2D eigenvalue weighted by Gasteiger charge is -2.57. The minimum Gasteiger partial charge on any atom is -0.481 e. The third kappa shape index (κ3) is 4.06. The van der Waals surface area contributed by atoms with Gasteiger partial charge in [-0.05, 0) is 34.8 Å². The van der Waals surface area contributed by atoms with Gasteiger partial charge in [-0.1, -0.05) is 0 Å². The van der Waals surface area contributed by atoms with E-state index in [1.165, 1.54) is 41.7 Å². The van der Waals surface area contributed by atoms with E-state index in [9.17, 15) is 34.4 Å². The topological polar surface area (TPSA) is 167 Å². The lowest BCUT2D eigenvalue weighted by molar-refractivity contribution is -0.386. The Morgan fingerprint density at radius 2 is 2.14 bits per heavy atom. The van der Waals surface area contributed by atoms with Crippen molar-refractivity contribution in [3.8, 4) is 0 Å². The highest BCUT2D eigenvalue weighted by molar-refractivity contribution is 9.10. The molecule has 4 rings (SSSR count). The van der Waals surface area contributed by atoms with Gasteiger partial charge in [0.2, 0.25) is 5.91 Å². The number of thiol groups is 1. The zero-order valence-electron chi connectivity index (χ0n) is 18.2. The van der Waals surface area contributed by atoms with Gasteiger partial charge in [-0.15, -0.1) is 11.8 Å². The highest BCUT2D eigenvalue weighted by Gasteiger charge is 2.63. The molecule has 5 atom stereocenters. The number of nitrogens with one attached hydrogen (secondary N) is 1. The number of amides is 2. The highest BCUT2D eigenvalue weighted by Crippen LogP contribution is 2.49. The van der Waals surface area contributed by atoms with Crippen molar-refractivity contribution in [2.24, 2.45) is 10.4 Å². The average Bonchev–Trinajstić information content (AvgIpc) is 3.25. The van der Waals surface area contributed by atoms with Crippen LogP contribution in [-0.2, 0) is 14.4 Å². The van der Waals surface area contributed by atoms with Gasteiger partial charge in [-0.3, -0.25) is 39.0 Å². The molecule has 0 spiro atoms. The first-order valence-electron chi connectivity index (χ1n) is 10.0. The zero-order chi connectivity index (χ0) is 25.9. The van der Waals surface area contributed by atoms with Gasteiger partial charge in [0, 0.05) is 25.4 Å². The summed E-state index contributed by atoms with van der Waals surface area (Å²) in [7, 11) is 0. The Hall–Kier alpha value is -2.08. The normalized spacial score (nSPS) is 30.4. The van der Waals surface area contributed by atoms with E-state index in [-0.39, 0.29) is 16.8 Å². The summed E-state index contributed by atoms with van der Waals surface area (Å²) in [6, 6.07) is -1.05. The third-order valence-electron chi connectivity index (χ3n) is 6.18. The molecule has 3 aliphatic rings. The molecule has 1 aromatic rings. The monoisotopic (exact) mass is 606 g/mol. The Morgan fingerprint density at radius 1 is 1.46 bits per heavy atom. The molecule has 0 saturated carbocycles. The number of carbonyl (C=O) groups excluding carboxylic acids is 2. The standard InChI is InChI=1S/C18H19BrN6O7S3/c1-8(26)24(22-3-9(19)12(27)10(4-22)25(31)32)11-13(28)23-5-18(16(29)30,6-34-14(11)23)15(33)17(2)20-7-35-21-17/h3-4,7,11,14-15,21,33H,5-6H2,1-2H3,(H,29,30)/t11?,14-,15?,17?,18?/m1/s1. The third-order valence-corrected chi connectivity index (χ3v) is 10.0. The molecule has 2 fully saturated rings. The zero-order valence-corrected chi connectivity index (χ0v) is 22.3. The second-order valence-corrected chi connectivity index (χ2v) is 11.5. The van der Waals surface area contributed by atoms with Gasteiger partial charge in [-0.2, -0.15) is 12.6 Å². The highest BCUT2D eigenvalue weighted by atomic mass is 79.9. The summed E-state index contributed by atoms with van der Waals surface area (Å²) in [4.78, 5) is 66.5. The predicted octanol–water partition coefficient (Wildman–Crippen LogP) is 0.653. The maximum atomic E-state index is 13.3. The van der Waals surface area contributed by atoms with Gasteiger partial charge in [0.1, 0.15) is 22.6 Å². The molecular weight excluding hydrogens is 588 g/mol. The van der Waals surface area contributed by atoms with Crippen LogP contribution in [0, 0.1) is 15.5 Å². The van der Waals surface area contributed by atoms with Gasteiger partial charge in [0.05, 0.1) is 20.2 Å². The molecule has 17 heteroatoms. The Kier molecular flexibility index (Phi) is 6.76. The number of aliphatic imine (C=N–C) groups is 1. The maximum Gasteiger partial charge on any atom is 0.335 e. The van der Waals surface area contributed by atoms with E-state index in [2.05, 4.69) is 38.3 Å². The number of β-lactam (4-membered cyclic amide) rings is 1. The summed E-state index contributed by atoms with van der Waals surface area (Å²) in [5.41, 5.74) is -2.49. The van der Waals surface area contributed by atoms with Crippen molar-refractivity contribution in [2.75, 3.05) is 17.3 Å². The number of thioether (sulfide) groups is 1. The maximum absolute atomic E-state index is 13.3. The lowest BCUT2D eigenvalue weighted by Crippen LogP contribution is -2.77. The van der Waals surface area contributed by atoms with Crippen LogP contribution in [0.4, 0.5) is 5.69 Å². The molecule has 13 nitrogen and oxygen atoms in total. The number of hydrogen-bond donors (Lipinski definition) is 3. The number of carbonyl (C=O) groups is 3. The number of hydrogen-bond acceptors (Lipinski definition) is 11. The van der Waals surface area contributed by atoms with Crippen LogP contribution in [0.5, 0.6) is 0 Å². The molecule has 0 bridgehead atoms. The van der Waals surface area contributed by atoms with Crippen LogP contribution in [0.25, 0.3) is 0 Å². The van der Waals surface area contributed by atoms with Crippen molar-refractivity contribution in [1.29, 1.82) is 0 Å². The van der Waals surface area contributed by atoms with Crippen LogP contribution in [-0.4, -0.2) is 77.6 Å². The predicted molar refractivity (Wildman–Crippen MR) is 136 cm³/mol. The fourth-order valence-corrected chi connectivity index (χ4v) is 7.72. The minimum absolute atomic E-state index is 0.0820. The van der Waals surface area contributed by atoms with Crippen molar-refractivity contribution in [3.63, 3.8) is 0 Å². The molecule has 1 aromatic heterocycles.